The number of benzene rings is 1. The lowest BCUT2D eigenvalue weighted by molar-refractivity contribution is -0.124. The second-order valence-corrected chi connectivity index (χ2v) is 5.94. The lowest BCUT2D eigenvalue weighted by atomic mass is 10.1. The summed E-state index contributed by atoms with van der Waals surface area (Å²) in [5.41, 5.74) is 8.01. The third-order valence-electron chi connectivity index (χ3n) is 4.21. The van der Waals surface area contributed by atoms with Gasteiger partial charge in [-0.25, -0.2) is 4.68 Å². The highest BCUT2D eigenvalue weighted by Crippen LogP contribution is 2.23. The molecular formula is C17H22N4O. The van der Waals surface area contributed by atoms with Crippen LogP contribution in [0.25, 0.3) is 5.69 Å². The number of hydrogen-bond donors (Lipinski definition) is 2. The van der Waals surface area contributed by atoms with Crippen LogP contribution in [0.3, 0.4) is 0 Å². The summed E-state index contributed by atoms with van der Waals surface area (Å²) in [4.78, 5) is 12.0. The van der Waals surface area contributed by atoms with Gasteiger partial charge in [-0.3, -0.25) is 4.79 Å². The second-order valence-electron chi connectivity index (χ2n) is 5.94. The Balaban J connectivity index is 1.48. The van der Waals surface area contributed by atoms with E-state index in [0.29, 0.717) is 6.54 Å². The first kappa shape index (κ1) is 14.8. The summed E-state index contributed by atoms with van der Waals surface area (Å²) >= 11 is 0. The van der Waals surface area contributed by atoms with Gasteiger partial charge < -0.3 is 11.1 Å². The molecule has 1 saturated carbocycles. The average molecular weight is 298 g/mol. The number of para-hydroxylation sites is 1. The summed E-state index contributed by atoms with van der Waals surface area (Å²) in [5, 5.41) is 7.37. The molecule has 1 fully saturated rings. The minimum atomic E-state index is 0.0991. The van der Waals surface area contributed by atoms with E-state index >= 15 is 0 Å². The first-order chi connectivity index (χ1) is 10.7. The zero-order valence-electron chi connectivity index (χ0n) is 12.6. The molecular weight excluding hydrogens is 276 g/mol. The molecule has 3 rings (SSSR count). The van der Waals surface area contributed by atoms with E-state index in [1.165, 1.54) is 0 Å². The number of hydrogen-bond acceptors (Lipinski definition) is 3. The van der Waals surface area contributed by atoms with Gasteiger partial charge in [0.25, 0.3) is 0 Å². The van der Waals surface area contributed by atoms with Crippen LogP contribution in [-0.2, 0) is 11.2 Å². The maximum Gasteiger partial charge on any atom is 0.223 e. The maximum atomic E-state index is 12.0. The Morgan fingerprint density at radius 3 is 2.86 bits per heavy atom. The van der Waals surface area contributed by atoms with Crippen LogP contribution in [0.1, 0.15) is 24.8 Å². The second kappa shape index (κ2) is 6.75. The van der Waals surface area contributed by atoms with Crippen LogP contribution in [0.5, 0.6) is 0 Å². The van der Waals surface area contributed by atoms with Gasteiger partial charge in [0.1, 0.15) is 0 Å². The first-order valence-corrected chi connectivity index (χ1v) is 7.84. The van der Waals surface area contributed by atoms with Crippen LogP contribution in [0.2, 0.25) is 0 Å². The fourth-order valence-corrected chi connectivity index (χ4v) is 2.94. The molecule has 0 radical (unpaired) electrons. The normalized spacial score (nSPS) is 21.0. The number of aromatic nitrogens is 2. The van der Waals surface area contributed by atoms with E-state index in [1.54, 1.807) is 0 Å². The van der Waals surface area contributed by atoms with Crippen molar-refractivity contribution in [2.45, 2.75) is 31.7 Å². The highest BCUT2D eigenvalue weighted by molar-refractivity contribution is 5.79. The zero-order valence-corrected chi connectivity index (χ0v) is 12.6. The smallest absolute Gasteiger partial charge is 0.223 e. The molecule has 116 valence electrons. The molecule has 1 aromatic heterocycles. The number of carbonyl (C=O) groups is 1. The number of nitrogens with two attached hydrogens (primary N) is 1. The SMILES string of the molecule is NC1CCC(C(=O)NCCc2cnn(-c3ccccc3)c2)C1. The molecule has 0 spiro atoms. The fraction of sp³-hybridized carbons (Fsp3) is 0.412. The Morgan fingerprint density at radius 2 is 2.14 bits per heavy atom. The van der Waals surface area contributed by atoms with Crippen LogP contribution < -0.4 is 11.1 Å². The highest BCUT2D eigenvalue weighted by Gasteiger charge is 2.27. The highest BCUT2D eigenvalue weighted by atomic mass is 16.1. The van der Waals surface area contributed by atoms with Crippen LogP contribution in [0.4, 0.5) is 0 Å². The monoisotopic (exact) mass is 298 g/mol. The van der Waals surface area contributed by atoms with Gasteiger partial charge >= 0.3 is 0 Å². The Morgan fingerprint density at radius 1 is 1.32 bits per heavy atom. The van der Waals surface area contributed by atoms with Crippen LogP contribution in [-0.4, -0.2) is 28.3 Å². The van der Waals surface area contributed by atoms with Gasteiger partial charge in [0.05, 0.1) is 11.9 Å². The maximum absolute atomic E-state index is 12.0. The minimum Gasteiger partial charge on any atom is -0.356 e. The molecule has 2 unspecified atom stereocenters. The van der Waals surface area contributed by atoms with Gasteiger partial charge in [-0.1, -0.05) is 18.2 Å². The van der Waals surface area contributed by atoms with Gasteiger partial charge in [0, 0.05) is 24.7 Å². The lowest BCUT2D eigenvalue weighted by Crippen LogP contribution is -2.31. The summed E-state index contributed by atoms with van der Waals surface area (Å²) in [7, 11) is 0. The zero-order chi connectivity index (χ0) is 15.4. The predicted octanol–water partition coefficient (Wildman–Crippen LogP) is 1.66. The van der Waals surface area contributed by atoms with E-state index in [1.807, 2.05) is 47.4 Å². The van der Waals surface area contributed by atoms with Gasteiger partial charge in [-0.05, 0) is 43.4 Å². The average Bonchev–Trinajstić information content (AvgIpc) is 3.17. The molecule has 2 aromatic rings. The van der Waals surface area contributed by atoms with Crippen molar-refractivity contribution in [2.75, 3.05) is 6.54 Å². The van der Waals surface area contributed by atoms with Crippen molar-refractivity contribution in [3.8, 4) is 5.69 Å². The molecule has 22 heavy (non-hydrogen) atoms. The molecule has 5 heteroatoms. The Labute approximate surface area is 130 Å². The van der Waals surface area contributed by atoms with Crippen molar-refractivity contribution in [2.24, 2.45) is 11.7 Å². The first-order valence-electron chi connectivity index (χ1n) is 7.84. The van der Waals surface area contributed by atoms with Crippen LogP contribution in [0, 0.1) is 5.92 Å². The molecule has 1 heterocycles. The van der Waals surface area contributed by atoms with Crippen LogP contribution >= 0.6 is 0 Å². The van der Waals surface area contributed by atoms with Gasteiger partial charge in [-0.15, -0.1) is 0 Å². The summed E-state index contributed by atoms with van der Waals surface area (Å²) in [6, 6.07) is 10.2. The summed E-state index contributed by atoms with van der Waals surface area (Å²) in [6.07, 6.45) is 7.34. The topological polar surface area (TPSA) is 72.9 Å². The summed E-state index contributed by atoms with van der Waals surface area (Å²) in [5.74, 6) is 0.241. The number of amides is 1. The van der Waals surface area contributed by atoms with Crippen molar-refractivity contribution >= 4 is 5.91 Å². The van der Waals surface area contributed by atoms with Gasteiger partial charge in [0.2, 0.25) is 5.91 Å². The van der Waals surface area contributed by atoms with Crippen molar-refractivity contribution in [1.29, 1.82) is 0 Å². The third kappa shape index (κ3) is 3.54. The summed E-state index contributed by atoms with van der Waals surface area (Å²) in [6.45, 7) is 0.644. The molecule has 0 saturated heterocycles. The van der Waals surface area contributed by atoms with Crippen molar-refractivity contribution in [3.63, 3.8) is 0 Å². The number of carbonyl (C=O) groups excluding carboxylic acids is 1. The molecule has 5 nitrogen and oxygen atoms in total. The van der Waals surface area contributed by atoms with E-state index in [0.717, 1.165) is 36.9 Å². The van der Waals surface area contributed by atoms with Crippen LogP contribution in [0.15, 0.2) is 42.7 Å². The van der Waals surface area contributed by atoms with E-state index < -0.39 is 0 Å². The standard InChI is InChI=1S/C17H22N4O/c18-15-7-6-14(10-15)17(22)19-9-8-13-11-20-21(12-13)16-4-2-1-3-5-16/h1-5,11-12,14-15H,6-10,18H2,(H,19,22). The third-order valence-corrected chi connectivity index (χ3v) is 4.21. The van der Waals surface area contributed by atoms with E-state index in [2.05, 4.69) is 10.4 Å². The molecule has 3 N–H and O–H groups in total. The predicted molar refractivity (Wildman–Crippen MR) is 85.6 cm³/mol. The van der Waals surface area contributed by atoms with Crippen molar-refractivity contribution in [1.82, 2.24) is 15.1 Å². The Kier molecular flexibility index (Phi) is 4.53. The van der Waals surface area contributed by atoms with Gasteiger partial charge in [0.15, 0.2) is 0 Å². The minimum absolute atomic E-state index is 0.0991. The lowest BCUT2D eigenvalue weighted by Gasteiger charge is -2.10. The van der Waals surface area contributed by atoms with Gasteiger partial charge in [-0.2, -0.15) is 5.10 Å². The van der Waals surface area contributed by atoms with E-state index in [-0.39, 0.29) is 17.9 Å². The van der Waals surface area contributed by atoms with Crippen molar-refractivity contribution < 1.29 is 4.79 Å². The molecule has 1 amide bonds. The molecule has 1 aliphatic carbocycles. The molecule has 0 aliphatic heterocycles. The van der Waals surface area contributed by atoms with E-state index in [4.69, 9.17) is 5.73 Å². The number of nitrogens with one attached hydrogen (secondary N) is 1. The Hall–Kier alpha value is -2.14. The number of rotatable bonds is 5. The largest absolute Gasteiger partial charge is 0.356 e. The molecule has 1 aromatic carbocycles. The number of nitrogens with zero attached hydrogens (tertiary/aromatic N) is 2. The molecule has 1 aliphatic rings. The molecule has 2 atom stereocenters. The quantitative estimate of drug-likeness (QED) is 0.881. The van der Waals surface area contributed by atoms with Crippen molar-refractivity contribution in [3.05, 3.63) is 48.3 Å². The Bertz CT molecular complexity index is 623. The fourth-order valence-electron chi connectivity index (χ4n) is 2.94. The molecule has 0 bridgehead atoms. The summed E-state index contributed by atoms with van der Waals surface area (Å²) < 4.78 is 1.85. The van der Waals surface area contributed by atoms with E-state index in [9.17, 15) is 4.79 Å².